The Morgan fingerprint density at radius 3 is 2.35 bits per heavy atom. The highest BCUT2D eigenvalue weighted by Crippen LogP contribution is 2.17. The zero-order valence-electron chi connectivity index (χ0n) is 15.5. The number of carbonyl (C=O) groups is 2. The molecule has 2 rings (SSSR count). The van der Waals surface area contributed by atoms with Crippen molar-refractivity contribution in [1.82, 2.24) is 4.90 Å². The molecule has 0 aromatic heterocycles. The van der Waals surface area contributed by atoms with Crippen molar-refractivity contribution in [2.24, 2.45) is 0 Å². The van der Waals surface area contributed by atoms with Gasteiger partial charge in [-0.25, -0.2) is 0 Å². The number of likely N-dealkylation sites (N-methyl/N-ethyl adjacent to an activating group) is 1. The summed E-state index contributed by atoms with van der Waals surface area (Å²) < 4.78 is 10.5. The van der Waals surface area contributed by atoms with Crippen molar-refractivity contribution < 1.29 is 19.1 Å². The summed E-state index contributed by atoms with van der Waals surface area (Å²) in [4.78, 5) is 25.7. The van der Waals surface area contributed by atoms with E-state index in [1.54, 1.807) is 38.4 Å². The largest absolute Gasteiger partial charge is 0.497 e. The minimum absolute atomic E-state index is 0.0435. The molecule has 0 spiro atoms. The zero-order valence-corrected chi connectivity index (χ0v) is 15.5. The van der Waals surface area contributed by atoms with Crippen molar-refractivity contribution in [3.8, 4) is 11.5 Å². The van der Waals surface area contributed by atoms with Gasteiger partial charge in [0.2, 0.25) is 5.91 Å². The average molecular weight is 356 g/mol. The zero-order chi connectivity index (χ0) is 19.1. The van der Waals surface area contributed by atoms with Crippen LogP contribution in [0, 0.1) is 13.8 Å². The van der Waals surface area contributed by atoms with E-state index in [-0.39, 0.29) is 25.0 Å². The van der Waals surface area contributed by atoms with Crippen LogP contribution in [0.2, 0.25) is 0 Å². The van der Waals surface area contributed by atoms with Crippen molar-refractivity contribution in [1.29, 1.82) is 0 Å². The number of carbonyl (C=O) groups excluding carboxylic acids is 2. The van der Waals surface area contributed by atoms with Crippen LogP contribution in [0.15, 0.2) is 42.5 Å². The van der Waals surface area contributed by atoms with Gasteiger partial charge >= 0.3 is 0 Å². The number of ether oxygens (including phenoxy) is 2. The average Bonchev–Trinajstić information content (AvgIpc) is 2.63. The molecule has 0 atom stereocenters. The predicted octanol–water partition coefficient (Wildman–Crippen LogP) is 2.79. The quantitative estimate of drug-likeness (QED) is 0.828. The first-order chi connectivity index (χ1) is 12.4. The first-order valence-corrected chi connectivity index (χ1v) is 8.27. The fourth-order valence-electron chi connectivity index (χ4n) is 2.29. The topological polar surface area (TPSA) is 67.9 Å². The number of rotatable bonds is 7. The molecule has 6 heteroatoms. The number of benzene rings is 2. The smallest absolute Gasteiger partial charge is 0.260 e. The van der Waals surface area contributed by atoms with Gasteiger partial charge in [-0.3, -0.25) is 9.59 Å². The van der Waals surface area contributed by atoms with Gasteiger partial charge in [0, 0.05) is 12.7 Å². The predicted molar refractivity (Wildman–Crippen MR) is 101 cm³/mol. The maximum Gasteiger partial charge on any atom is 0.260 e. The Hall–Kier alpha value is -3.02. The lowest BCUT2D eigenvalue weighted by Crippen LogP contribution is -2.37. The molecule has 1 N–H and O–H groups in total. The second-order valence-corrected chi connectivity index (χ2v) is 6.08. The monoisotopic (exact) mass is 356 g/mol. The molecule has 0 saturated heterocycles. The second kappa shape index (κ2) is 8.89. The Balaban J connectivity index is 1.83. The molecule has 6 nitrogen and oxygen atoms in total. The van der Waals surface area contributed by atoms with E-state index >= 15 is 0 Å². The van der Waals surface area contributed by atoms with Gasteiger partial charge in [0.15, 0.2) is 6.61 Å². The molecule has 0 fully saturated rings. The van der Waals surface area contributed by atoms with Crippen LogP contribution < -0.4 is 14.8 Å². The Morgan fingerprint density at radius 2 is 1.69 bits per heavy atom. The Bertz CT molecular complexity index is 772. The van der Waals surface area contributed by atoms with Crippen LogP contribution in [0.25, 0.3) is 0 Å². The third kappa shape index (κ3) is 5.51. The molecule has 0 unspecified atom stereocenters. The summed E-state index contributed by atoms with van der Waals surface area (Å²) in [5.41, 5.74) is 2.79. The van der Waals surface area contributed by atoms with E-state index in [2.05, 4.69) is 5.32 Å². The SMILES string of the molecule is COc1ccc(OCC(=O)N(C)CC(=O)Nc2cc(C)ccc2C)cc1. The van der Waals surface area contributed by atoms with Crippen LogP contribution in [-0.2, 0) is 9.59 Å². The van der Waals surface area contributed by atoms with E-state index in [9.17, 15) is 9.59 Å². The highest BCUT2D eigenvalue weighted by atomic mass is 16.5. The number of amides is 2. The van der Waals surface area contributed by atoms with E-state index in [0.717, 1.165) is 16.8 Å². The molecule has 0 aliphatic heterocycles. The van der Waals surface area contributed by atoms with Crippen molar-refractivity contribution >= 4 is 17.5 Å². The Morgan fingerprint density at radius 1 is 1.04 bits per heavy atom. The maximum absolute atomic E-state index is 12.2. The number of hydrogen-bond donors (Lipinski definition) is 1. The summed E-state index contributed by atoms with van der Waals surface area (Å²) in [5.74, 6) is 0.743. The minimum Gasteiger partial charge on any atom is -0.497 e. The molecular formula is C20H24N2O4. The highest BCUT2D eigenvalue weighted by molar-refractivity contribution is 5.95. The molecule has 0 aliphatic rings. The molecule has 26 heavy (non-hydrogen) atoms. The van der Waals surface area contributed by atoms with Gasteiger partial charge < -0.3 is 19.7 Å². The first kappa shape index (κ1) is 19.3. The summed E-state index contributed by atoms with van der Waals surface area (Å²) in [7, 11) is 3.15. The number of nitrogens with one attached hydrogen (secondary N) is 1. The third-order valence-corrected chi connectivity index (χ3v) is 3.90. The van der Waals surface area contributed by atoms with Crippen molar-refractivity contribution in [2.75, 3.05) is 32.6 Å². The summed E-state index contributed by atoms with van der Waals surface area (Å²) in [6, 6.07) is 12.8. The molecule has 0 aliphatic carbocycles. The van der Waals surface area contributed by atoms with Crippen LogP contribution in [0.5, 0.6) is 11.5 Å². The molecule has 138 valence electrons. The fraction of sp³-hybridized carbons (Fsp3) is 0.300. The lowest BCUT2D eigenvalue weighted by molar-refractivity contribution is -0.135. The summed E-state index contributed by atoms with van der Waals surface area (Å²) >= 11 is 0. The van der Waals surface area contributed by atoms with E-state index < -0.39 is 0 Å². The molecule has 2 aromatic carbocycles. The first-order valence-electron chi connectivity index (χ1n) is 8.27. The lowest BCUT2D eigenvalue weighted by atomic mass is 10.1. The molecule has 2 amide bonds. The standard InChI is InChI=1S/C20H24N2O4/c1-14-5-6-15(2)18(11-14)21-19(23)12-22(3)20(24)13-26-17-9-7-16(25-4)8-10-17/h5-11H,12-13H2,1-4H3,(H,21,23). The van der Waals surface area contributed by atoms with Crippen LogP contribution in [0.1, 0.15) is 11.1 Å². The number of nitrogens with zero attached hydrogens (tertiary/aromatic N) is 1. The fourth-order valence-corrected chi connectivity index (χ4v) is 2.29. The minimum atomic E-state index is -0.281. The van der Waals surface area contributed by atoms with Gasteiger partial charge in [-0.1, -0.05) is 12.1 Å². The molecule has 2 aromatic rings. The van der Waals surface area contributed by atoms with Crippen molar-refractivity contribution in [3.05, 3.63) is 53.6 Å². The number of anilines is 1. The van der Waals surface area contributed by atoms with Crippen LogP contribution in [-0.4, -0.2) is 44.0 Å². The number of aryl methyl sites for hydroxylation is 2. The summed E-state index contributed by atoms with van der Waals surface area (Å²) in [6.07, 6.45) is 0. The van der Waals surface area contributed by atoms with Crippen molar-refractivity contribution in [3.63, 3.8) is 0 Å². The van der Waals surface area contributed by atoms with Gasteiger partial charge in [0.25, 0.3) is 5.91 Å². The number of methoxy groups -OCH3 is 1. The Kier molecular flexibility index (Phi) is 6.60. The van der Waals surface area contributed by atoms with Gasteiger partial charge in [-0.15, -0.1) is 0 Å². The van der Waals surface area contributed by atoms with E-state index in [0.29, 0.717) is 11.5 Å². The maximum atomic E-state index is 12.2. The molecule has 0 heterocycles. The third-order valence-electron chi connectivity index (χ3n) is 3.90. The molecule has 0 radical (unpaired) electrons. The van der Waals surface area contributed by atoms with Crippen LogP contribution in [0.4, 0.5) is 5.69 Å². The van der Waals surface area contributed by atoms with Gasteiger partial charge in [0.1, 0.15) is 11.5 Å². The van der Waals surface area contributed by atoms with E-state index in [1.165, 1.54) is 4.90 Å². The van der Waals surface area contributed by atoms with E-state index in [4.69, 9.17) is 9.47 Å². The van der Waals surface area contributed by atoms with Gasteiger partial charge in [0.05, 0.1) is 13.7 Å². The normalized spacial score (nSPS) is 10.2. The lowest BCUT2D eigenvalue weighted by Gasteiger charge is -2.18. The summed E-state index contributed by atoms with van der Waals surface area (Å²) in [5, 5.41) is 2.84. The summed E-state index contributed by atoms with van der Waals surface area (Å²) in [6.45, 7) is 3.70. The molecular weight excluding hydrogens is 332 g/mol. The second-order valence-electron chi connectivity index (χ2n) is 6.08. The Labute approximate surface area is 153 Å². The molecule has 0 saturated carbocycles. The number of hydrogen-bond acceptors (Lipinski definition) is 4. The highest BCUT2D eigenvalue weighted by Gasteiger charge is 2.14. The molecule has 0 bridgehead atoms. The van der Waals surface area contributed by atoms with Gasteiger partial charge in [-0.2, -0.15) is 0 Å². The van der Waals surface area contributed by atoms with Crippen LogP contribution >= 0.6 is 0 Å². The van der Waals surface area contributed by atoms with Gasteiger partial charge in [-0.05, 0) is 55.3 Å². The van der Waals surface area contributed by atoms with Crippen molar-refractivity contribution in [2.45, 2.75) is 13.8 Å². The van der Waals surface area contributed by atoms with Crippen LogP contribution in [0.3, 0.4) is 0 Å². The van der Waals surface area contributed by atoms with E-state index in [1.807, 2.05) is 32.0 Å².